The van der Waals surface area contributed by atoms with Crippen molar-refractivity contribution in [3.8, 4) is 0 Å². The van der Waals surface area contributed by atoms with Crippen molar-refractivity contribution in [2.75, 3.05) is 13.1 Å². The van der Waals surface area contributed by atoms with Crippen molar-refractivity contribution < 1.29 is 4.79 Å². The Bertz CT molecular complexity index is 804. The summed E-state index contributed by atoms with van der Waals surface area (Å²) >= 11 is 6.25. The second-order valence-electron chi connectivity index (χ2n) is 7.83. The lowest BCUT2D eigenvalue weighted by molar-refractivity contribution is -0.157. The lowest BCUT2D eigenvalue weighted by Crippen LogP contribution is -2.70. The zero-order valence-electron chi connectivity index (χ0n) is 14.5. The predicted molar refractivity (Wildman–Crippen MR) is 100 cm³/mol. The Kier molecular flexibility index (Phi) is 3.89. The summed E-state index contributed by atoms with van der Waals surface area (Å²) < 4.78 is 0. The summed E-state index contributed by atoms with van der Waals surface area (Å²) in [4.78, 5) is 14.4. The number of likely N-dealkylation sites (tertiary alicyclic amines) is 1. The molecule has 1 heterocycles. The molecule has 2 aliphatic rings. The third kappa shape index (κ3) is 2.86. The highest BCUT2D eigenvalue weighted by molar-refractivity contribution is 6.31. The third-order valence-electron chi connectivity index (χ3n) is 5.79. The quantitative estimate of drug-likeness (QED) is 0.914. The molecule has 2 N–H and O–H groups in total. The molecule has 1 aliphatic carbocycles. The number of carbonyl (C=O) groups excluding carboxylic acids is 1. The minimum Gasteiger partial charge on any atom is -0.341 e. The van der Waals surface area contributed by atoms with Crippen LogP contribution in [0.25, 0.3) is 0 Å². The average molecular weight is 355 g/mol. The van der Waals surface area contributed by atoms with Gasteiger partial charge in [0.05, 0.1) is 6.42 Å². The smallest absolute Gasteiger partial charge is 0.227 e. The largest absolute Gasteiger partial charge is 0.341 e. The van der Waals surface area contributed by atoms with Crippen LogP contribution < -0.4 is 5.73 Å². The van der Waals surface area contributed by atoms with Gasteiger partial charge in [-0.05, 0) is 42.5 Å². The van der Waals surface area contributed by atoms with E-state index in [1.807, 2.05) is 54.3 Å². The van der Waals surface area contributed by atoms with Crippen LogP contribution in [0.4, 0.5) is 0 Å². The second kappa shape index (κ2) is 5.86. The van der Waals surface area contributed by atoms with Crippen LogP contribution in [0.2, 0.25) is 5.02 Å². The molecule has 4 heteroatoms. The van der Waals surface area contributed by atoms with Crippen molar-refractivity contribution in [2.45, 2.75) is 31.7 Å². The Morgan fingerprint density at radius 2 is 1.80 bits per heavy atom. The maximum Gasteiger partial charge on any atom is 0.227 e. The van der Waals surface area contributed by atoms with Crippen LogP contribution in [0.5, 0.6) is 0 Å². The van der Waals surface area contributed by atoms with Gasteiger partial charge in [0.2, 0.25) is 5.91 Å². The fourth-order valence-electron chi connectivity index (χ4n) is 4.67. The minimum atomic E-state index is -0.302. The number of rotatable bonds is 3. The Morgan fingerprint density at radius 1 is 1.12 bits per heavy atom. The molecular weight excluding hydrogens is 332 g/mol. The van der Waals surface area contributed by atoms with E-state index in [0.717, 1.165) is 47.6 Å². The molecular formula is C21H23ClN2O. The van der Waals surface area contributed by atoms with Gasteiger partial charge in [0.25, 0.3) is 0 Å². The van der Waals surface area contributed by atoms with Crippen LogP contribution in [-0.2, 0) is 16.8 Å². The Labute approximate surface area is 153 Å². The Morgan fingerprint density at radius 3 is 2.48 bits per heavy atom. The van der Waals surface area contributed by atoms with Gasteiger partial charge in [-0.3, -0.25) is 4.79 Å². The topological polar surface area (TPSA) is 46.3 Å². The molecule has 1 aliphatic heterocycles. The molecule has 0 aromatic heterocycles. The summed E-state index contributed by atoms with van der Waals surface area (Å²) in [7, 11) is 0. The number of nitrogens with zero attached hydrogens (tertiary/aromatic N) is 1. The van der Waals surface area contributed by atoms with E-state index in [2.05, 4.69) is 6.07 Å². The van der Waals surface area contributed by atoms with Gasteiger partial charge in [0, 0.05) is 29.1 Å². The van der Waals surface area contributed by atoms with Gasteiger partial charge in [-0.1, -0.05) is 54.1 Å². The lowest BCUT2D eigenvalue weighted by Gasteiger charge is -2.63. The van der Waals surface area contributed by atoms with Crippen molar-refractivity contribution in [1.29, 1.82) is 0 Å². The van der Waals surface area contributed by atoms with E-state index < -0.39 is 0 Å². The normalized spacial score (nSPS) is 20.0. The monoisotopic (exact) mass is 354 g/mol. The van der Waals surface area contributed by atoms with Crippen LogP contribution in [0.1, 0.15) is 29.5 Å². The summed E-state index contributed by atoms with van der Waals surface area (Å²) in [6, 6.07) is 15.9. The number of halogens is 1. The highest BCUT2D eigenvalue weighted by atomic mass is 35.5. The first-order valence-electron chi connectivity index (χ1n) is 8.77. The highest BCUT2D eigenvalue weighted by Gasteiger charge is 2.60. The van der Waals surface area contributed by atoms with Crippen LogP contribution in [0.3, 0.4) is 0 Å². The fourth-order valence-corrected chi connectivity index (χ4v) is 4.84. The Balaban J connectivity index is 1.37. The molecule has 3 nitrogen and oxygen atoms in total. The number of hydrogen-bond donors (Lipinski definition) is 1. The van der Waals surface area contributed by atoms with Gasteiger partial charge < -0.3 is 10.6 Å². The number of nitrogens with two attached hydrogens (primary N) is 1. The van der Waals surface area contributed by atoms with Crippen LogP contribution in [0.15, 0.2) is 48.5 Å². The Hall–Kier alpha value is -1.84. The molecule has 0 unspecified atom stereocenters. The number of carbonyl (C=O) groups is 1. The van der Waals surface area contributed by atoms with Crippen molar-refractivity contribution in [1.82, 2.24) is 4.90 Å². The second-order valence-corrected chi connectivity index (χ2v) is 8.24. The SMILES string of the molecule is Cc1c(Cl)cccc1C1(N)CC2(CN(C(=O)Cc3ccccc3)C2)C1. The van der Waals surface area contributed by atoms with Crippen LogP contribution in [0, 0.1) is 12.3 Å². The first kappa shape index (κ1) is 16.6. The molecule has 1 amide bonds. The molecule has 1 saturated carbocycles. The molecule has 0 bridgehead atoms. The summed E-state index contributed by atoms with van der Waals surface area (Å²) in [5.74, 6) is 0.213. The van der Waals surface area contributed by atoms with E-state index >= 15 is 0 Å². The van der Waals surface area contributed by atoms with E-state index in [0.29, 0.717) is 6.42 Å². The van der Waals surface area contributed by atoms with E-state index in [1.165, 1.54) is 0 Å². The molecule has 0 radical (unpaired) electrons. The predicted octanol–water partition coefficient (Wildman–Crippen LogP) is 3.67. The van der Waals surface area contributed by atoms with Gasteiger partial charge in [0.15, 0.2) is 0 Å². The maximum atomic E-state index is 12.4. The number of amides is 1. The van der Waals surface area contributed by atoms with Crippen molar-refractivity contribution >= 4 is 17.5 Å². The first-order valence-corrected chi connectivity index (χ1v) is 9.15. The van der Waals surface area contributed by atoms with E-state index in [9.17, 15) is 4.79 Å². The highest BCUT2D eigenvalue weighted by Crippen LogP contribution is 2.57. The first-order chi connectivity index (χ1) is 11.9. The van der Waals surface area contributed by atoms with E-state index in [4.69, 9.17) is 17.3 Å². The van der Waals surface area contributed by atoms with Crippen molar-refractivity contribution in [3.05, 3.63) is 70.2 Å². The van der Waals surface area contributed by atoms with Gasteiger partial charge in [-0.2, -0.15) is 0 Å². The third-order valence-corrected chi connectivity index (χ3v) is 6.20. The standard InChI is InChI=1S/C21H23ClN2O/c1-15-17(8-5-9-18(15)22)21(23)11-20(12-21)13-24(14-20)19(25)10-16-6-3-2-4-7-16/h2-9H,10-14,23H2,1H3. The summed E-state index contributed by atoms with van der Waals surface area (Å²) in [6.07, 6.45) is 2.34. The molecule has 1 spiro atoms. The zero-order valence-corrected chi connectivity index (χ0v) is 15.2. The van der Waals surface area contributed by atoms with Gasteiger partial charge in [-0.15, -0.1) is 0 Å². The van der Waals surface area contributed by atoms with Gasteiger partial charge in [0.1, 0.15) is 0 Å². The van der Waals surface area contributed by atoms with E-state index in [-0.39, 0.29) is 16.9 Å². The lowest BCUT2D eigenvalue weighted by atomic mass is 9.51. The molecule has 2 aromatic carbocycles. The molecule has 1 saturated heterocycles. The van der Waals surface area contributed by atoms with Crippen LogP contribution in [-0.4, -0.2) is 23.9 Å². The zero-order chi connectivity index (χ0) is 17.7. The van der Waals surface area contributed by atoms with Crippen molar-refractivity contribution in [3.63, 3.8) is 0 Å². The summed E-state index contributed by atoms with van der Waals surface area (Å²) in [5, 5.41) is 0.775. The molecule has 130 valence electrons. The summed E-state index contributed by atoms with van der Waals surface area (Å²) in [6.45, 7) is 3.70. The molecule has 2 fully saturated rings. The number of hydrogen-bond acceptors (Lipinski definition) is 2. The maximum absolute atomic E-state index is 12.4. The number of benzene rings is 2. The van der Waals surface area contributed by atoms with Crippen molar-refractivity contribution in [2.24, 2.45) is 11.1 Å². The van der Waals surface area contributed by atoms with Gasteiger partial charge in [-0.25, -0.2) is 0 Å². The van der Waals surface area contributed by atoms with Crippen LogP contribution >= 0.6 is 11.6 Å². The molecule has 4 rings (SSSR count). The average Bonchev–Trinajstić information content (AvgIpc) is 2.53. The molecule has 25 heavy (non-hydrogen) atoms. The fraction of sp³-hybridized carbons (Fsp3) is 0.381. The molecule has 0 atom stereocenters. The van der Waals surface area contributed by atoms with Gasteiger partial charge >= 0.3 is 0 Å². The molecule has 2 aromatic rings. The summed E-state index contributed by atoms with van der Waals surface area (Å²) in [5.41, 5.74) is 9.87. The van der Waals surface area contributed by atoms with E-state index in [1.54, 1.807) is 0 Å². The minimum absolute atomic E-state index is 0.204.